The van der Waals surface area contributed by atoms with Gasteiger partial charge >= 0.3 is 5.97 Å². The number of benzene rings is 2. The average Bonchev–Trinajstić information content (AvgIpc) is 3.10. The lowest BCUT2D eigenvalue weighted by molar-refractivity contribution is -0.150. The molecule has 6 heteroatoms. The van der Waals surface area contributed by atoms with Crippen molar-refractivity contribution in [2.24, 2.45) is 0 Å². The Balaban J connectivity index is 1.44. The molecule has 0 saturated carbocycles. The van der Waals surface area contributed by atoms with Crippen LogP contribution in [0.5, 0.6) is 5.75 Å². The number of fused-ring (bicyclic) bond motifs is 1. The van der Waals surface area contributed by atoms with Gasteiger partial charge in [-0.1, -0.05) is 36.4 Å². The van der Waals surface area contributed by atoms with Crippen molar-refractivity contribution in [1.82, 2.24) is 5.32 Å². The largest absolute Gasteiger partial charge is 0.482 e. The van der Waals surface area contributed by atoms with Crippen LogP contribution in [0, 0.1) is 6.92 Å². The Hall–Kier alpha value is -3.28. The fourth-order valence-corrected chi connectivity index (χ4v) is 2.61. The summed E-state index contributed by atoms with van der Waals surface area (Å²) in [6.07, 6.45) is 0. The predicted octanol–water partition coefficient (Wildman–Crippen LogP) is 3.54. The van der Waals surface area contributed by atoms with E-state index in [4.69, 9.17) is 13.9 Å². The fraction of sp³-hybridized carbons (Fsp3) is 0.238. The SMILES string of the molecule is Cc1ccccc1OCC(=O)OCC(=O)N[C@H](C)c1cc2ccccc2o1. The first-order chi connectivity index (χ1) is 13.0. The third-order valence-corrected chi connectivity index (χ3v) is 4.05. The molecule has 1 N–H and O–H groups in total. The molecule has 3 rings (SSSR count). The van der Waals surface area contributed by atoms with Crippen molar-refractivity contribution in [3.63, 3.8) is 0 Å². The molecule has 0 bridgehead atoms. The van der Waals surface area contributed by atoms with Gasteiger partial charge in [-0.15, -0.1) is 0 Å². The van der Waals surface area contributed by atoms with Crippen LogP contribution in [-0.4, -0.2) is 25.1 Å². The molecule has 0 fully saturated rings. The summed E-state index contributed by atoms with van der Waals surface area (Å²) in [4.78, 5) is 23.8. The van der Waals surface area contributed by atoms with Crippen LogP contribution >= 0.6 is 0 Å². The van der Waals surface area contributed by atoms with Crippen molar-refractivity contribution in [3.8, 4) is 5.75 Å². The molecule has 0 saturated heterocycles. The molecule has 0 unspecified atom stereocenters. The van der Waals surface area contributed by atoms with Crippen molar-refractivity contribution >= 4 is 22.8 Å². The van der Waals surface area contributed by atoms with Gasteiger partial charge in [0.2, 0.25) is 0 Å². The number of aryl methyl sites for hydroxylation is 1. The number of nitrogens with one attached hydrogen (secondary N) is 1. The van der Waals surface area contributed by atoms with Gasteiger partial charge in [-0.3, -0.25) is 4.79 Å². The Morgan fingerprint density at radius 1 is 1.07 bits per heavy atom. The first kappa shape index (κ1) is 18.5. The lowest BCUT2D eigenvalue weighted by Crippen LogP contribution is -2.31. The van der Waals surface area contributed by atoms with Gasteiger partial charge in [-0.25, -0.2) is 4.79 Å². The molecule has 0 aliphatic heterocycles. The minimum absolute atomic E-state index is 0.253. The normalized spacial score (nSPS) is 11.8. The van der Waals surface area contributed by atoms with E-state index < -0.39 is 11.9 Å². The maximum atomic E-state index is 12.0. The summed E-state index contributed by atoms with van der Waals surface area (Å²) in [5.41, 5.74) is 1.68. The van der Waals surface area contributed by atoms with Crippen molar-refractivity contribution in [2.45, 2.75) is 19.9 Å². The second-order valence-corrected chi connectivity index (χ2v) is 6.19. The summed E-state index contributed by atoms with van der Waals surface area (Å²) in [6.45, 7) is 3.06. The van der Waals surface area contributed by atoms with Crippen LogP contribution in [0.25, 0.3) is 11.0 Å². The number of carbonyl (C=O) groups excluding carboxylic acids is 2. The quantitative estimate of drug-likeness (QED) is 0.646. The van der Waals surface area contributed by atoms with Gasteiger partial charge in [-0.05, 0) is 37.6 Å². The second kappa shape index (κ2) is 8.40. The number of hydrogen-bond donors (Lipinski definition) is 1. The van der Waals surface area contributed by atoms with Gasteiger partial charge in [0, 0.05) is 5.39 Å². The number of furan rings is 1. The van der Waals surface area contributed by atoms with E-state index in [0.717, 1.165) is 16.5 Å². The van der Waals surface area contributed by atoms with E-state index in [1.165, 1.54) is 0 Å². The molecule has 27 heavy (non-hydrogen) atoms. The number of para-hydroxylation sites is 2. The maximum absolute atomic E-state index is 12.0. The molecule has 1 aromatic heterocycles. The predicted molar refractivity (Wildman–Crippen MR) is 100 cm³/mol. The second-order valence-electron chi connectivity index (χ2n) is 6.19. The van der Waals surface area contributed by atoms with Crippen molar-refractivity contribution in [3.05, 3.63) is 65.9 Å². The summed E-state index contributed by atoms with van der Waals surface area (Å²) in [6, 6.07) is 16.5. The van der Waals surface area contributed by atoms with Gasteiger partial charge in [0.1, 0.15) is 17.1 Å². The van der Waals surface area contributed by atoms with Crippen LogP contribution in [0.15, 0.2) is 59.0 Å². The summed E-state index contributed by atoms with van der Waals surface area (Å²) in [7, 11) is 0. The van der Waals surface area contributed by atoms with E-state index in [2.05, 4.69) is 5.32 Å². The highest BCUT2D eigenvalue weighted by molar-refractivity contribution is 5.82. The molecule has 0 radical (unpaired) electrons. The molecule has 0 spiro atoms. The summed E-state index contributed by atoms with van der Waals surface area (Å²) in [5, 5.41) is 3.71. The minimum Gasteiger partial charge on any atom is -0.482 e. The Kier molecular flexibility index (Phi) is 5.76. The third-order valence-electron chi connectivity index (χ3n) is 4.05. The lowest BCUT2D eigenvalue weighted by atomic mass is 10.2. The van der Waals surface area contributed by atoms with E-state index in [0.29, 0.717) is 11.5 Å². The molecule has 1 heterocycles. The molecule has 1 amide bonds. The molecule has 2 aromatic carbocycles. The van der Waals surface area contributed by atoms with Crippen molar-refractivity contribution < 1.29 is 23.5 Å². The monoisotopic (exact) mass is 367 g/mol. The number of esters is 1. The third kappa shape index (κ3) is 4.88. The highest BCUT2D eigenvalue weighted by Gasteiger charge is 2.15. The Bertz CT molecular complexity index is 913. The van der Waals surface area contributed by atoms with E-state index >= 15 is 0 Å². The van der Waals surface area contributed by atoms with Gasteiger partial charge < -0.3 is 19.2 Å². The molecule has 140 valence electrons. The number of ether oxygens (including phenoxy) is 2. The smallest absolute Gasteiger partial charge is 0.344 e. The zero-order valence-electron chi connectivity index (χ0n) is 15.2. The molecule has 3 aromatic rings. The van der Waals surface area contributed by atoms with E-state index in [-0.39, 0.29) is 19.3 Å². The highest BCUT2D eigenvalue weighted by atomic mass is 16.6. The van der Waals surface area contributed by atoms with E-state index in [1.807, 2.05) is 55.5 Å². The van der Waals surface area contributed by atoms with Crippen LogP contribution in [0.1, 0.15) is 24.3 Å². The first-order valence-corrected chi connectivity index (χ1v) is 8.65. The molecular formula is C21H21NO5. The molecular weight excluding hydrogens is 346 g/mol. The first-order valence-electron chi connectivity index (χ1n) is 8.65. The summed E-state index contributed by atoms with van der Waals surface area (Å²) >= 11 is 0. The number of amides is 1. The Morgan fingerprint density at radius 2 is 1.81 bits per heavy atom. The van der Waals surface area contributed by atoms with Crippen LogP contribution < -0.4 is 10.1 Å². The molecule has 0 aliphatic rings. The highest BCUT2D eigenvalue weighted by Crippen LogP contribution is 2.23. The average molecular weight is 367 g/mol. The van der Waals surface area contributed by atoms with Gasteiger partial charge in [0.15, 0.2) is 13.2 Å². The number of carbonyl (C=O) groups is 2. The molecule has 6 nitrogen and oxygen atoms in total. The van der Waals surface area contributed by atoms with Crippen LogP contribution in [0.2, 0.25) is 0 Å². The zero-order chi connectivity index (χ0) is 19.2. The number of hydrogen-bond acceptors (Lipinski definition) is 5. The lowest BCUT2D eigenvalue weighted by Gasteiger charge is -2.12. The van der Waals surface area contributed by atoms with Gasteiger partial charge in [-0.2, -0.15) is 0 Å². The van der Waals surface area contributed by atoms with Crippen molar-refractivity contribution in [1.29, 1.82) is 0 Å². The van der Waals surface area contributed by atoms with E-state index in [1.54, 1.807) is 13.0 Å². The molecule has 0 aliphatic carbocycles. The van der Waals surface area contributed by atoms with Crippen LogP contribution in [0.4, 0.5) is 0 Å². The number of rotatable bonds is 7. The molecule has 1 atom stereocenters. The van der Waals surface area contributed by atoms with Crippen LogP contribution in [0.3, 0.4) is 0 Å². The minimum atomic E-state index is -0.607. The zero-order valence-corrected chi connectivity index (χ0v) is 15.2. The topological polar surface area (TPSA) is 77.8 Å². The Labute approximate surface area is 157 Å². The summed E-state index contributed by atoms with van der Waals surface area (Å²) < 4.78 is 16.1. The summed E-state index contributed by atoms with van der Waals surface area (Å²) in [5.74, 6) is 0.230. The fourth-order valence-electron chi connectivity index (χ4n) is 2.61. The van der Waals surface area contributed by atoms with Crippen molar-refractivity contribution in [2.75, 3.05) is 13.2 Å². The van der Waals surface area contributed by atoms with Crippen LogP contribution in [-0.2, 0) is 14.3 Å². The van der Waals surface area contributed by atoms with Gasteiger partial charge in [0.25, 0.3) is 5.91 Å². The Morgan fingerprint density at radius 3 is 2.59 bits per heavy atom. The maximum Gasteiger partial charge on any atom is 0.344 e. The van der Waals surface area contributed by atoms with E-state index in [9.17, 15) is 9.59 Å². The van der Waals surface area contributed by atoms with Gasteiger partial charge in [0.05, 0.1) is 6.04 Å². The standard InChI is InChI=1S/C21H21NO5/c1-14-7-3-5-9-17(14)25-13-21(24)26-12-20(23)22-15(2)19-11-16-8-4-6-10-18(16)27-19/h3-11,15H,12-13H2,1-2H3,(H,22,23)/t15-/m1/s1.